The highest BCUT2D eigenvalue weighted by Crippen LogP contribution is 2.64. The number of rotatable bonds is 3. The van der Waals surface area contributed by atoms with E-state index in [1.165, 1.54) is 32.1 Å². The lowest BCUT2D eigenvalue weighted by atomic mass is 9.49. The molecule has 0 aromatic rings. The molecule has 0 N–H and O–H groups in total. The standard InChI is InChI=1S/C19H36O/c1-8-10-16(17(2,3)4)19(18(5,6)7)13-20-15-12-9-11-14(15)19/h14-16H,8-13H2,1-7H3. The van der Waals surface area contributed by atoms with Crippen molar-refractivity contribution in [1.29, 1.82) is 0 Å². The zero-order valence-corrected chi connectivity index (χ0v) is 14.9. The maximum atomic E-state index is 6.34. The van der Waals surface area contributed by atoms with E-state index in [0.29, 0.717) is 22.3 Å². The van der Waals surface area contributed by atoms with Crippen LogP contribution in [0.2, 0.25) is 0 Å². The molecular weight excluding hydrogens is 244 g/mol. The normalized spacial score (nSPS) is 36.1. The molecule has 1 heteroatoms. The second-order valence-electron chi connectivity index (χ2n) is 9.38. The van der Waals surface area contributed by atoms with Gasteiger partial charge in [-0.05, 0) is 41.9 Å². The Morgan fingerprint density at radius 3 is 2.25 bits per heavy atom. The molecule has 1 aliphatic carbocycles. The summed E-state index contributed by atoms with van der Waals surface area (Å²) in [7, 11) is 0. The average molecular weight is 280 g/mol. The molecule has 1 heterocycles. The third-order valence-electron chi connectivity index (χ3n) is 6.29. The van der Waals surface area contributed by atoms with Crippen LogP contribution < -0.4 is 0 Å². The molecule has 118 valence electrons. The summed E-state index contributed by atoms with van der Waals surface area (Å²) in [4.78, 5) is 0. The van der Waals surface area contributed by atoms with Gasteiger partial charge in [0.05, 0.1) is 12.7 Å². The van der Waals surface area contributed by atoms with Gasteiger partial charge < -0.3 is 4.74 Å². The SMILES string of the molecule is CCCC(C(C)(C)C)C1(C(C)(C)C)COC2CCCC21. The fourth-order valence-electron chi connectivity index (χ4n) is 5.47. The van der Waals surface area contributed by atoms with E-state index < -0.39 is 0 Å². The number of hydrogen-bond acceptors (Lipinski definition) is 1. The van der Waals surface area contributed by atoms with E-state index >= 15 is 0 Å². The molecule has 1 aliphatic heterocycles. The summed E-state index contributed by atoms with van der Waals surface area (Å²) in [6.07, 6.45) is 7.24. The van der Waals surface area contributed by atoms with Gasteiger partial charge in [0.25, 0.3) is 0 Å². The molecule has 0 radical (unpaired) electrons. The van der Waals surface area contributed by atoms with Gasteiger partial charge in [-0.2, -0.15) is 0 Å². The van der Waals surface area contributed by atoms with Gasteiger partial charge in [0.2, 0.25) is 0 Å². The van der Waals surface area contributed by atoms with Crippen LogP contribution in [-0.2, 0) is 4.74 Å². The molecule has 0 amide bonds. The molecule has 4 atom stereocenters. The van der Waals surface area contributed by atoms with Crippen LogP contribution in [0, 0.1) is 28.1 Å². The summed E-state index contributed by atoms with van der Waals surface area (Å²) in [5.41, 5.74) is 1.05. The van der Waals surface area contributed by atoms with E-state index in [1.807, 2.05) is 0 Å². The van der Waals surface area contributed by atoms with Gasteiger partial charge in [-0.1, -0.05) is 61.3 Å². The zero-order chi connectivity index (χ0) is 15.2. The lowest BCUT2D eigenvalue weighted by molar-refractivity contribution is -0.0760. The van der Waals surface area contributed by atoms with Crippen LogP contribution in [0.3, 0.4) is 0 Å². The predicted octanol–water partition coefficient (Wildman–Crippen LogP) is 5.68. The van der Waals surface area contributed by atoms with Gasteiger partial charge in [-0.3, -0.25) is 0 Å². The highest BCUT2D eigenvalue weighted by Gasteiger charge is 2.62. The fourth-order valence-corrected chi connectivity index (χ4v) is 5.47. The highest BCUT2D eigenvalue weighted by molar-refractivity contribution is 5.09. The van der Waals surface area contributed by atoms with Crippen LogP contribution in [0.4, 0.5) is 0 Å². The second-order valence-corrected chi connectivity index (χ2v) is 9.38. The number of hydrogen-bond donors (Lipinski definition) is 0. The molecule has 1 saturated heterocycles. The van der Waals surface area contributed by atoms with Gasteiger partial charge >= 0.3 is 0 Å². The summed E-state index contributed by atoms with van der Waals surface area (Å²) in [6.45, 7) is 18.1. The predicted molar refractivity (Wildman–Crippen MR) is 86.8 cm³/mol. The van der Waals surface area contributed by atoms with Crippen LogP contribution in [0.5, 0.6) is 0 Å². The molecule has 0 aromatic heterocycles. The molecule has 0 aromatic carbocycles. The largest absolute Gasteiger partial charge is 0.377 e. The Hall–Kier alpha value is -0.0400. The van der Waals surface area contributed by atoms with Crippen molar-refractivity contribution in [2.45, 2.75) is 86.7 Å². The van der Waals surface area contributed by atoms with Gasteiger partial charge in [-0.25, -0.2) is 0 Å². The quantitative estimate of drug-likeness (QED) is 0.646. The van der Waals surface area contributed by atoms with Gasteiger partial charge in [0.1, 0.15) is 0 Å². The van der Waals surface area contributed by atoms with Gasteiger partial charge in [-0.15, -0.1) is 0 Å². The first-order valence-electron chi connectivity index (χ1n) is 8.76. The Labute approximate surface area is 126 Å². The van der Waals surface area contributed by atoms with Crippen LogP contribution >= 0.6 is 0 Å². The summed E-state index contributed by atoms with van der Waals surface area (Å²) in [6, 6.07) is 0. The first kappa shape index (κ1) is 16.3. The van der Waals surface area contributed by atoms with E-state index in [0.717, 1.165) is 18.4 Å². The van der Waals surface area contributed by atoms with Crippen molar-refractivity contribution in [3.8, 4) is 0 Å². The Balaban J connectivity index is 2.46. The third-order valence-corrected chi connectivity index (χ3v) is 6.29. The lowest BCUT2D eigenvalue weighted by Gasteiger charge is -2.55. The molecule has 0 bridgehead atoms. The van der Waals surface area contributed by atoms with Gasteiger partial charge in [0.15, 0.2) is 0 Å². The third kappa shape index (κ3) is 2.45. The van der Waals surface area contributed by atoms with Crippen molar-refractivity contribution < 1.29 is 4.74 Å². The molecule has 4 unspecified atom stereocenters. The van der Waals surface area contributed by atoms with Crippen molar-refractivity contribution in [1.82, 2.24) is 0 Å². The summed E-state index contributed by atoms with van der Waals surface area (Å²) < 4.78 is 6.34. The number of ether oxygens (including phenoxy) is 1. The minimum absolute atomic E-state index is 0.323. The molecule has 1 nitrogen and oxygen atoms in total. The molecule has 20 heavy (non-hydrogen) atoms. The average Bonchev–Trinajstić information content (AvgIpc) is 2.84. The van der Waals surface area contributed by atoms with Crippen LogP contribution in [0.25, 0.3) is 0 Å². The Morgan fingerprint density at radius 1 is 1.10 bits per heavy atom. The maximum Gasteiger partial charge on any atom is 0.0610 e. The van der Waals surface area contributed by atoms with E-state index in [9.17, 15) is 0 Å². The van der Waals surface area contributed by atoms with Crippen LogP contribution in [-0.4, -0.2) is 12.7 Å². The molecule has 2 aliphatic rings. The minimum atomic E-state index is 0.323. The molecule has 2 rings (SSSR count). The van der Waals surface area contributed by atoms with E-state index in [4.69, 9.17) is 4.74 Å². The molecule has 1 saturated carbocycles. The Morgan fingerprint density at radius 2 is 1.75 bits per heavy atom. The first-order chi connectivity index (χ1) is 9.14. The Kier molecular flexibility index (Phi) is 4.33. The Bertz CT molecular complexity index is 333. The monoisotopic (exact) mass is 280 g/mol. The van der Waals surface area contributed by atoms with Crippen molar-refractivity contribution >= 4 is 0 Å². The molecule has 2 fully saturated rings. The number of fused-ring (bicyclic) bond motifs is 1. The fraction of sp³-hybridized carbons (Fsp3) is 1.00. The summed E-state index contributed by atoms with van der Waals surface area (Å²) in [5.74, 6) is 1.55. The lowest BCUT2D eigenvalue weighted by Crippen LogP contribution is -2.52. The van der Waals surface area contributed by atoms with Crippen LogP contribution in [0.15, 0.2) is 0 Å². The van der Waals surface area contributed by atoms with Crippen molar-refractivity contribution in [2.75, 3.05) is 6.61 Å². The van der Waals surface area contributed by atoms with E-state index in [2.05, 4.69) is 48.5 Å². The van der Waals surface area contributed by atoms with E-state index in [1.54, 1.807) is 0 Å². The van der Waals surface area contributed by atoms with Crippen molar-refractivity contribution in [2.24, 2.45) is 28.1 Å². The highest BCUT2D eigenvalue weighted by atomic mass is 16.5. The zero-order valence-electron chi connectivity index (χ0n) is 14.9. The maximum absolute atomic E-state index is 6.34. The second kappa shape index (κ2) is 5.30. The summed E-state index contributed by atoms with van der Waals surface area (Å²) in [5, 5.41) is 0. The van der Waals surface area contributed by atoms with Crippen LogP contribution in [0.1, 0.15) is 80.6 Å². The van der Waals surface area contributed by atoms with Crippen molar-refractivity contribution in [3.63, 3.8) is 0 Å². The molecular formula is C19H36O. The molecule has 0 spiro atoms. The smallest absolute Gasteiger partial charge is 0.0610 e. The minimum Gasteiger partial charge on any atom is -0.377 e. The topological polar surface area (TPSA) is 9.23 Å². The van der Waals surface area contributed by atoms with Gasteiger partial charge in [0, 0.05) is 5.41 Å². The van der Waals surface area contributed by atoms with E-state index in [-0.39, 0.29) is 0 Å². The first-order valence-corrected chi connectivity index (χ1v) is 8.76. The summed E-state index contributed by atoms with van der Waals surface area (Å²) >= 11 is 0. The van der Waals surface area contributed by atoms with Crippen molar-refractivity contribution in [3.05, 3.63) is 0 Å².